The van der Waals surface area contributed by atoms with E-state index in [1.807, 2.05) is 67.5 Å². The number of amides is 1. The lowest BCUT2D eigenvalue weighted by Crippen LogP contribution is -2.28. The summed E-state index contributed by atoms with van der Waals surface area (Å²) in [5.41, 5.74) is 10.4. The van der Waals surface area contributed by atoms with Crippen molar-refractivity contribution in [1.29, 1.82) is 0 Å². The van der Waals surface area contributed by atoms with Gasteiger partial charge in [-0.2, -0.15) is 0 Å². The summed E-state index contributed by atoms with van der Waals surface area (Å²) in [5.74, 6) is 1.69. The van der Waals surface area contributed by atoms with Crippen LogP contribution in [0.5, 0.6) is 5.75 Å². The molecule has 3 N–H and O–H groups in total. The molecule has 0 spiro atoms. The van der Waals surface area contributed by atoms with Gasteiger partial charge in [0.15, 0.2) is 17.3 Å². The Morgan fingerprint density at radius 1 is 1.08 bits per heavy atom. The van der Waals surface area contributed by atoms with E-state index in [0.717, 1.165) is 54.0 Å². The van der Waals surface area contributed by atoms with Crippen molar-refractivity contribution in [1.82, 2.24) is 19.5 Å². The number of nitrogens with zero attached hydrogens (tertiary/aromatic N) is 5. The fraction of sp³-hybridized carbons (Fsp3) is 0.333. The number of nitrogens with one attached hydrogen (secondary N) is 1. The molecule has 1 saturated carbocycles. The molecule has 2 aromatic heterocycles. The number of imidazole rings is 1. The van der Waals surface area contributed by atoms with Crippen LogP contribution in [-0.4, -0.2) is 46.6 Å². The molecule has 0 atom stereocenters. The Bertz CT molecular complexity index is 1370. The van der Waals surface area contributed by atoms with Crippen LogP contribution in [-0.2, 0) is 4.79 Å². The van der Waals surface area contributed by atoms with E-state index in [9.17, 15) is 4.79 Å². The molecular weight excluding hydrogens is 454 g/mol. The molecule has 0 aliphatic heterocycles. The monoisotopic (exact) mass is 485 g/mol. The molecular formula is C27H31N7O2. The van der Waals surface area contributed by atoms with Crippen LogP contribution < -0.4 is 20.7 Å². The van der Waals surface area contributed by atoms with Crippen LogP contribution in [0.1, 0.15) is 31.7 Å². The van der Waals surface area contributed by atoms with Gasteiger partial charge in [0.25, 0.3) is 0 Å². The first-order chi connectivity index (χ1) is 17.4. The van der Waals surface area contributed by atoms with Crippen LogP contribution in [0.3, 0.4) is 0 Å². The summed E-state index contributed by atoms with van der Waals surface area (Å²) in [4.78, 5) is 28.8. The lowest BCUT2D eigenvalue weighted by atomic mass is 9.85. The third-order valence-corrected chi connectivity index (χ3v) is 6.89. The summed E-state index contributed by atoms with van der Waals surface area (Å²) < 4.78 is 7.35. The number of fused-ring (bicyclic) bond motifs is 1. The van der Waals surface area contributed by atoms with Gasteiger partial charge in [0.05, 0.1) is 13.4 Å². The standard InChI is InChI=1S/C27H31N7O2/c1-33(2)20-11-7-17(8-12-20)25-31-24(28)23-26(32-25)34(16-29-23)21-13-9-18(10-14-21)27(35)30-19-5-4-6-22(15-19)36-3/h4-8,11-12,15-16,18,21H,9-10,13-14H2,1-3H3,(H,30,35)(H2,28,31,32). The maximum atomic E-state index is 12.9. The van der Waals surface area contributed by atoms with Crippen molar-refractivity contribution >= 4 is 34.3 Å². The number of nitrogen functional groups attached to an aromatic ring is 1. The SMILES string of the molecule is COc1cccc(NC(=O)C2CCC(n3cnc4c(N)nc(-c5ccc(N(C)C)cc5)nc43)CC2)c1. The largest absolute Gasteiger partial charge is 0.497 e. The number of carbonyl (C=O) groups excluding carboxylic acids is 1. The molecule has 1 aliphatic carbocycles. The van der Waals surface area contributed by atoms with E-state index >= 15 is 0 Å². The molecule has 1 aliphatic rings. The quantitative estimate of drug-likeness (QED) is 0.413. The average molecular weight is 486 g/mol. The first kappa shape index (κ1) is 23.6. The Balaban J connectivity index is 1.31. The predicted octanol–water partition coefficient (Wildman–Crippen LogP) is 4.52. The van der Waals surface area contributed by atoms with Gasteiger partial charge in [-0.15, -0.1) is 0 Å². The van der Waals surface area contributed by atoms with E-state index in [0.29, 0.717) is 17.2 Å². The number of anilines is 3. The normalized spacial score (nSPS) is 17.6. The number of aromatic nitrogens is 4. The molecule has 0 bridgehead atoms. The van der Waals surface area contributed by atoms with Crippen LogP contribution in [0.25, 0.3) is 22.6 Å². The number of nitrogens with two attached hydrogens (primary N) is 1. The van der Waals surface area contributed by atoms with Gasteiger partial charge in [-0.25, -0.2) is 15.0 Å². The molecule has 0 radical (unpaired) electrons. The van der Waals surface area contributed by atoms with Gasteiger partial charge < -0.3 is 25.3 Å². The minimum atomic E-state index is -0.0345. The molecule has 9 nitrogen and oxygen atoms in total. The minimum Gasteiger partial charge on any atom is -0.497 e. The molecule has 36 heavy (non-hydrogen) atoms. The zero-order valence-electron chi connectivity index (χ0n) is 20.8. The first-order valence-electron chi connectivity index (χ1n) is 12.2. The van der Waals surface area contributed by atoms with E-state index in [2.05, 4.69) is 19.9 Å². The van der Waals surface area contributed by atoms with Crippen molar-refractivity contribution in [2.75, 3.05) is 37.2 Å². The van der Waals surface area contributed by atoms with Gasteiger partial charge in [0.1, 0.15) is 11.3 Å². The van der Waals surface area contributed by atoms with Crippen molar-refractivity contribution in [3.8, 4) is 17.1 Å². The summed E-state index contributed by atoms with van der Waals surface area (Å²) >= 11 is 0. The molecule has 2 aromatic carbocycles. The maximum Gasteiger partial charge on any atom is 0.227 e. The summed E-state index contributed by atoms with van der Waals surface area (Å²) in [6.07, 6.45) is 5.10. The third kappa shape index (κ3) is 4.68. The summed E-state index contributed by atoms with van der Waals surface area (Å²) in [5, 5.41) is 3.03. The number of carbonyl (C=O) groups is 1. The Hall–Kier alpha value is -4.14. The van der Waals surface area contributed by atoms with Crippen LogP contribution in [0.4, 0.5) is 17.2 Å². The topological polar surface area (TPSA) is 111 Å². The van der Waals surface area contributed by atoms with Gasteiger partial charge in [-0.3, -0.25) is 4.79 Å². The van der Waals surface area contributed by atoms with Crippen molar-refractivity contribution < 1.29 is 9.53 Å². The van der Waals surface area contributed by atoms with Gasteiger partial charge >= 0.3 is 0 Å². The molecule has 5 rings (SSSR count). The maximum absolute atomic E-state index is 12.9. The smallest absolute Gasteiger partial charge is 0.227 e. The lowest BCUT2D eigenvalue weighted by molar-refractivity contribution is -0.120. The van der Waals surface area contributed by atoms with Gasteiger partial charge in [-0.05, 0) is 62.1 Å². The molecule has 186 valence electrons. The second kappa shape index (κ2) is 9.85. The zero-order valence-corrected chi connectivity index (χ0v) is 20.8. The Morgan fingerprint density at radius 3 is 2.53 bits per heavy atom. The number of hydrogen-bond donors (Lipinski definition) is 2. The van der Waals surface area contributed by atoms with E-state index in [4.69, 9.17) is 15.5 Å². The van der Waals surface area contributed by atoms with E-state index in [1.165, 1.54) is 0 Å². The number of ether oxygens (including phenoxy) is 1. The fourth-order valence-electron chi connectivity index (χ4n) is 4.80. The number of rotatable bonds is 6. The highest BCUT2D eigenvalue weighted by atomic mass is 16.5. The van der Waals surface area contributed by atoms with Crippen molar-refractivity contribution in [2.45, 2.75) is 31.7 Å². The molecule has 9 heteroatoms. The highest BCUT2D eigenvalue weighted by Crippen LogP contribution is 2.35. The second-order valence-corrected chi connectivity index (χ2v) is 9.42. The van der Waals surface area contributed by atoms with Crippen molar-refractivity contribution in [3.63, 3.8) is 0 Å². The van der Waals surface area contributed by atoms with Gasteiger partial charge in [0.2, 0.25) is 5.91 Å². The molecule has 2 heterocycles. The van der Waals surface area contributed by atoms with E-state index < -0.39 is 0 Å². The van der Waals surface area contributed by atoms with Crippen LogP contribution in [0, 0.1) is 5.92 Å². The van der Waals surface area contributed by atoms with Crippen LogP contribution in [0.2, 0.25) is 0 Å². The average Bonchev–Trinajstić information content (AvgIpc) is 3.33. The van der Waals surface area contributed by atoms with Gasteiger partial charge in [0, 0.05) is 49.1 Å². The van der Waals surface area contributed by atoms with Crippen molar-refractivity contribution in [3.05, 3.63) is 54.9 Å². The summed E-state index contributed by atoms with van der Waals surface area (Å²) in [7, 11) is 5.63. The van der Waals surface area contributed by atoms with Crippen molar-refractivity contribution in [2.24, 2.45) is 5.92 Å². The Morgan fingerprint density at radius 2 is 1.83 bits per heavy atom. The third-order valence-electron chi connectivity index (χ3n) is 6.89. The predicted molar refractivity (Wildman–Crippen MR) is 142 cm³/mol. The van der Waals surface area contributed by atoms with Gasteiger partial charge in [-0.1, -0.05) is 6.07 Å². The highest BCUT2D eigenvalue weighted by Gasteiger charge is 2.28. The van der Waals surface area contributed by atoms with E-state index in [-0.39, 0.29) is 17.9 Å². The molecule has 0 unspecified atom stereocenters. The molecule has 1 fully saturated rings. The molecule has 4 aromatic rings. The molecule has 0 saturated heterocycles. The van der Waals surface area contributed by atoms with Crippen LogP contribution >= 0.6 is 0 Å². The minimum absolute atomic E-state index is 0.0345. The zero-order chi connectivity index (χ0) is 25.2. The second-order valence-electron chi connectivity index (χ2n) is 9.42. The fourth-order valence-corrected chi connectivity index (χ4v) is 4.80. The summed E-state index contributed by atoms with van der Waals surface area (Å²) in [6.45, 7) is 0. The summed E-state index contributed by atoms with van der Waals surface area (Å²) in [6, 6.07) is 15.7. The van der Waals surface area contributed by atoms with E-state index in [1.54, 1.807) is 13.4 Å². The highest BCUT2D eigenvalue weighted by molar-refractivity contribution is 5.92. The lowest BCUT2D eigenvalue weighted by Gasteiger charge is -2.28. The Labute approximate surface area is 210 Å². The Kier molecular flexibility index (Phi) is 6.45. The number of hydrogen-bond acceptors (Lipinski definition) is 7. The number of methoxy groups -OCH3 is 1. The first-order valence-corrected chi connectivity index (χ1v) is 12.2. The number of benzene rings is 2. The molecule has 1 amide bonds. The van der Waals surface area contributed by atoms with Crippen LogP contribution in [0.15, 0.2) is 54.9 Å².